The highest BCUT2D eigenvalue weighted by molar-refractivity contribution is 5.03. The van der Waals surface area contributed by atoms with Crippen molar-refractivity contribution in [1.29, 1.82) is 5.26 Å². The molecule has 0 amide bonds. The summed E-state index contributed by atoms with van der Waals surface area (Å²) < 4.78 is 0. The molecule has 1 fully saturated rings. The Hall–Kier alpha value is -0.550. The Labute approximate surface area is 74.2 Å². The fourth-order valence-corrected chi connectivity index (χ4v) is 1.73. The highest BCUT2D eigenvalue weighted by atomic mass is 16.3. The molecule has 0 heterocycles. The van der Waals surface area contributed by atoms with Crippen molar-refractivity contribution in [2.24, 2.45) is 11.8 Å². The van der Waals surface area contributed by atoms with Gasteiger partial charge in [-0.2, -0.15) is 5.26 Å². The van der Waals surface area contributed by atoms with E-state index in [9.17, 15) is 5.11 Å². The predicted molar refractivity (Wildman–Crippen MR) is 47.4 cm³/mol. The topological polar surface area (TPSA) is 44.0 Å². The van der Waals surface area contributed by atoms with Crippen LogP contribution in [-0.2, 0) is 0 Å². The van der Waals surface area contributed by atoms with Gasteiger partial charge in [0, 0.05) is 0 Å². The minimum Gasteiger partial charge on any atom is -0.389 e. The molecule has 2 heteroatoms. The first kappa shape index (κ1) is 9.54. The molecule has 0 aliphatic heterocycles. The molecule has 0 aromatic rings. The molecule has 0 aromatic carbocycles. The average Bonchev–Trinajstić information content (AvgIpc) is 2.81. The maximum Gasteiger partial charge on any atom is 0.0805 e. The minimum absolute atomic E-state index is 0.171. The van der Waals surface area contributed by atoms with Gasteiger partial charge in [0.15, 0.2) is 0 Å². The van der Waals surface area contributed by atoms with E-state index in [0.29, 0.717) is 5.92 Å². The number of nitriles is 1. The summed E-state index contributed by atoms with van der Waals surface area (Å²) in [4.78, 5) is 0. The van der Waals surface area contributed by atoms with Crippen LogP contribution in [0.5, 0.6) is 0 Å². The van der Waals surface area contributed by atoms with Gasteiger partial charge in [-0.15, -0.1) is 0 Å². The fraction of sp³-hybridized carbons (Fsp3) is 0.900. The van der Waals surface area contributed by atoms with Gasteiger partial charge in [0.2, 0.25) is 0 Å². The number of rotatable bonds is 4. The van der Waals surface area contributed by atoms with Gasteiger partial charge in [-0.25, -0.2) is 0 Å². The lowest BCUT2D eigenvalue weighted by atomic mass is 9.83. The maximum absolute atomic E-state index is 10.0. The van der Waals surface area contributed by atoms with Crippen molar-refractivity contribution in [2.75, 3.05) is 0 Å². The van der Waals surface area contributed by atoms with Crippen LogP contribution in [0.1, 0.15) is 39.5 Å². The normalized spacial score (nSPS) is 24.2. The lowest BCUT2D eigenvalue weighted by Crippen LogP contribution is -2.36. The van der Waals surface area contributed by atoms with Gasteiger partial charge in [0.25, 0.3) is 0 Å². The first-order chi connectivity index (χ1) is 5.62. The highest BCUT2D eigenvalue weighted by Crippen LogP contribution is 2.44. The SMILES string of the molecule is CCCC(C#N)C(C)(O)C1CC1. The van der Waals surface area contributed by atoms with Gasteiger partial charge in [0.1, 0.15) is 0 Å². The molecule has 0 saturated heterocycles. The number of hydrogen-bond donors (Lipinski definition) is 1. The largest absolute Gasteiger partial charge is 0.389 e. The molecule has 0 radical (unpaired) electrons. The zero-order chi connectivity index (χ0) is 9.19. The smallest absolute Gasteiger partial charge is 0.0805 e. The zero-order valence-electron chi connectivity index (χ0n) is 7.88. The van der Waals surface area contributed by atoms with Crippen LogP contribution in [0.15, 0.2) is 0 Å². The van der Waals surface area contributed by atoms with Crippen LogP contribution in [0.4, 0.5) is 0 Å². The van der Waals surface area contributed by atoms with E-state index in [1.165, 1.54) is 0 Å². The number of aliphatic hydroxyl groups is 1. The van der Waals surface area contributed by atoms with Gasteiger partial charge in [0.05, 0.1) is 17.6 Å². The van der Waals surface area contributed by atoms with Crippen molar-refractivity contribution in [1.82, 2.24) is 0 Å². The number of hydrogen-bond acceptors (Lipinski definition) is 2. The summed E-state index contributed by atoms with van der Waals surface area (Å²) in [6, 6.07) is 2.21. The van der Waals surface area contributed by atoms with Crippen LogP contribution in [0.25, 0.3) is 0 Å². The monoisotopic (exact) mass is 167 g/mol. The van der Waals surface area contributed by atoms with E-state index in [1.807, 2.05) is 13.8 Å². The van der Waals surface area contributed by atoms with Crippen molar-refractivity contribution in [3.8, 4) is 6.07 Å². The fourth-order valence-electron chi connectivity index (χ4n) is 1.73. The van der Waals surface area contributed by atoms with Crippen molar-refractivity contribution >= 4 is 0 Å². The van der Waals surface area contributed by atoms with E-state index in [1.54, 1.807) is 0 Å². The molecule has 68 valence electrons. The van der Waals surface area contributed by atoms with E-state index in [2.05, 4.69) is 6.07 Å². The predicted octanol–water partition coefficient (Wildman–Crippen LogP) is 2.09. The van der Waals surface area contributed by atoms with Crippen molar-refractivity contribution in [3.63, 3.8) is 0 Å². The molecule has 2 atom stereocenters. The molecule has 1 N–H and O–H groups in total. The van der Waals surface area contributed by atoms with Crippen molar-refractivity contribution in [3.05, 3.63) is 0 Å². The Morgan fingerprint density at radius 2 is 2.25 bits per heavy atom. The molecule has 2 unspecified atom stereocenters. The third kappa shape index (κ3) is 1.78. The van der Waals surface area contributed by atoms with Gasteiger partial charge >= 0.3 is 0 Å². The van der Waals surface area contributed by atoms with E-state index >= 15 is 0 Å². The average molecular weight is 167 g/mol. The number of nitrogens with zero attached hydrogens (tertiary/aromatic N) is 1. The lowest BCUT2D eigenvalue weighted by Gasteiger charge is -2.27. The summed E-state index contributed by atoms with van der Waals surface area (Å²) in [5, 5.41) is 18.9. The summed E-state index contributed by atoms with van der Waals surface area (Å²) in [6.45, 7) is 3.86. The molecule has 1 rings (SSSR count). The molecule has 1 saturated carbocycles. The molecule has 0 bridgehead atoms. The Bertz CT molecular complexity index is 189. The second-order valence-electron chi connectivity index (χ2n) is 3.97. The third-order valence-electron chi connectivity index (χ3n) is 2.84. The second kappa shape index (κ2) is 3.45. The Kier molecular flexibility index (Phi) is 2.74. The van der Waals surface area contributed by atoms with Crippen LogP contribution >= 0.6 is 0 Å². The quantitative estimate of drug-likeness (QED) is 0.696. The van der Waals surface area contributed by atoms with Crippen LogP contribution in [0, 0.1) is 23.2 Å². The molecular formula is C10H17NO. The lowest BCUT2D eigenvalue weighted by molar-refractivity contribution is -0.00415. The van der Waals surface area contributed by atoms with Crippen LogP contribution in [-0.4, -0.2) is 10.7 Å². The molecule has 2 nitrogen and oxygen atoms in total. The Balaban J connectivity index is 2.56. The summed E-state index contributed by atoms with van der Waals surface area (Å²) in [5.74, 6) is 0.212. The molecule has 0 spiro atoms. The van der Waals surface area contributed by atoms with Crippen LogP contribution in [0.2, 0.25) is 0 Å². The summed E-state index contributed by atoms with van der Waals surface area (Å²) in [5.41, 5.74) is -0.731. The summed E-state index contributed by atoms with van der Waals surface area (Å²) in [7, 11) is 0. The zero-order valence-corrected chi connectivity index (χ0v) is 7.88. The second-order valence-corrected chi connectivity index (χ2v) is 3.97. The minimum atomic E-state index is -0.731. The Morgan fingerprint density at radius 3 is 2.58 bits per heavy atom. The van der Waals surface area contributed by atoms with E-state index in [0.717, 1.165) is 25.7 Å². The van der Waals surface area contributed by atoms with Crippen LogP contribution < -0.4 is 0 Å². The van der Waals surface area contributed by atoms with Crippen LogP contribution in [0.3, 0.4) is 0 Å². The first-order valence-electron chi connectivity index (χ1n) is 4.75. The molecule has 1 aliphatic carbocycles. The summed E-state index contributed by atoms with van der Waals surface area (Å²) in [6.07, 6.45) is 3.98. The Morgan fingerprint density at radius 1 is 1.67 bits per heavy atom. The van der Waals surface area contributed by atoms with Crippen molar-refractivity contribution in [2.45, 2.75) is 45.1 Å². The van der Waals surface area contributed by atoms with Gasteiger partial charge in [-0.05, 0) is 32.1 Å². The third-order valence-corrected chi connectivity index (χ3v) is 2.84. The first-order valence-corrected chi connectivity index (χ1v) is 4.75. The van der Waals surface area contributed by atoms with Gasteiger partial charge in [-0.3, -0.25) is 0 Å². The highest BCUT2D eigenvalue weighted by Gasteiger charge is 2.45. The summed E-state index contributed by atoms with van der Waals surface area (Å²) >= 11 is 0. The molecule has 12 heavy (non-hydrogen) atoms. The molecular weight excluding hydrogens is 150 g/mol. The van der Waals surface area contributed by atoms with E-state index in [4.69, 9.17) is 5.26 Å². The van der Waals surface area contributed by atoms with E-state index in [-0.39, 0.29) is 5.92 Å². The molecule has 1 aliphatic rings. The van der Waals surface area contributed by atoms with E-state index < -0.39 is 5.60 Å². The maximum atomic E-state index is 10.0. The van der Waals surface area contributed by atoms with Gasteiger partial charge in [-0.1, -0.05) is 13.3 Å². The standard InChI is InChI=1S/C10H17NO/c1-3-4-9(7-11)10(2,12)8-5-6-8/h8-9,12H,3-6H2,1-2H3. The van der Waals surface area contributed by atoms with Crippen molar-refractivity contribution < 1.29 is 5.11 Å². The molecule has 0 aromatic heterocycles. The van der Waals surface area contributed by atoms with Gasteiger partial charge < -0.3 is 5.11 Å².